The molecule has 0 unspecified atom stereocenters. The quantitative estimate of drug-likeness (QED) is 0.709. The monoisotopic (exact) mass is 272 g/mol. The Bertz CT molecular complexity index is 304. The molecule has 7 heteroatoms. The summed E-state index contributed by atoms with van der Waals surface area (Å²) in [4.78, 5) is 11.3. The van der Waals surface area contributed by atoms with Gasteiger partial charge >= 0.3 is 0 Å². The van der Waals surface area contributed by atoms with Crippen LogP contribution in [0.25, 0.3) is 0 Å². The van der Waals surface area contributed by atoms with E-state index in [1.165, 1.54) is 0 Å². The average molecular weight is 273 g/mol. The maximum absolute atomic E-state index is 11.4. The van der Waals surface area contributed by atoms with Gasteiger partial charge in [-0.3, -0.25) is 4.79 Å². The van der Waals surface area contributed by atoms with Crippen molar-refractivity contribution in [2.24, 2.45) is 11.7 Å². The van der Waals surface area contributed by atoms with Gasteiger partial charge < -0.3 is 11.1 Å². The highest BCUT2D eigenvalue weighted by atomic mass is 35.5. The molecule has 3 N–H and O–H groups in total. The Kier molecular flexibility index (Phi) is 8.87. The van der Waals surface area contributed by atoms with Crippen LogP contribution in [0.5, 0.6) is 0 Å². The number of nitrogens with one attached hydrogen (secondary N) is 1. The minimum absolute atomic E-state index is 0. The molecular formula is C9H21ClN2O3S. The van der Waals surface area contributed by atoms with Crippen molar-refractivity contribution in [2.45, 2.75) is 26.8 Å². The highest BCUT2D eigenvalue weighted by molar-refractivity contribution is 7.92. The summed E-state index contributed by atoms with van der Waals surface area (Å²) in [6.07, 6.45) is 0. The van der Waals surface area contributed by atoms with Gasteiger partial charge in [0, 0.05) is 12.6 Å². The lowest BCUT2D eigenvalue weighted by atomic mass is 10.3. The highest BCUT2D eigenvalue weighted by Crippen LogP contribution is 2.00. The number of amides is 1. The number of carbonyl (C=O) groups excluding carboxylic acids is 1. The van der Waals surface area contributed by atoms with E-state index >= 15 is 0 Å². The second-order valence-electron chi connectivity index (χ2n) is 4.15. The van der Waals surface area contributed by atoms with Crippen LogP contribution in [0.2, 0.25) is 0 Å². The molecular weight excluding hydrogens is 252 g/mol. The van der Waals surface area contributed by atoms with Crippen molar-refractivity contribution < 1.29 is 13.2 Å². The number of sulfone groups is 1. The zero-order chi connectivity index (χ0) is 12.1. The Morgan fingerprint density at radius 2 is 1.81 bits per heavy atom. The molecule has 0 fully saturated rings. The summed E-state index contributed by atoms with van der Waals surface area (Å²) in [7, 11) is -3.29. The van der Waals surface area contributed by atoms with E-state index in [2.05, 4.69) is 5.32 Å². The summed E-state index contributed by atoms with van der Waals surface area (Å²) in [6, 6.07) is -0.188. The fourth-order valence-electron chi connectivity index (χ4n) is 1.14. The first kappa shape index (κ1) is 18.0. The Hall–Kier alpha value is -0.330. The average Bonchev–Trinajstić information content (AvgIpc) is 1.99. The van der Waals surface area contributed by atoms with Crippen LogP contribution in [0.1, 0.15) is 20.8 Å². The number of hydrogen-bond donors (Lipinski definition) is 2. The van der Waals surface area contributed by atoms with E-state index in [9.17, 15) is 13.2 Å². The van der Waals surface area contributed by atoms with Crippen LogP contribution in [-0.2, 0) is 14.6 Å². The van der Waals surface area contributed by atoms with Crippen LogP contribution >= 0.6 is 12.4 Å². The molecule has 0 aliphatic heterocycles. The molecule has 0 aliphatic carbocycles. The van der Waals surface area contributed by atoms with Crippen molar-refractivity contribution >= 4 is 28.2 Å². The topological polar surface area (TPSA) is 89.3 Å². The van der Waals surface area contributed by atoms with Crippen molar-refractivity contribution in [2.75, 3.05) is 18.1 Å². The van der Waals surface area contributed by atoms with Crippen molar-refractivity contribution in [3.8, 4) is 0 Å². The molecule has 0 aromatic rings. The van der Waals surface area contributed by atoms with Gasteiger partial charge in [-0.1, -0.05) is 13.8 Å². The molecule has 0 rings (SSSR count). The number of nitrogens with two attached hydrogens (primary N) is 1. The zero-order valence-corrected chi connectivity index (χ0v) is 11.5. The first-order valence-electron chi connectivity index (χ1n) is 4.96. The van der Waals surface area contributed by atoms with Crippen LogP contribution in [0.3, 0.4) is 0 Å². The lowest BCUT2D eigenvalue weighted by Crippen LogP contribution is -2.41. The fourth-order valence-corrected chi connectivity index (χ4v) is 2.76. The number of halogens is 1. The molecule has 16 heavy (non-hydrogen) atoms. The van der Waals surface area contributed by atoms with Gasteiger partial charge in [-0.05, 0) is 12.8 Å². The molecule has 0 radical (unpaired) electrons. The molecule has 0 aromatic carbocycles. The molecule has 1 atom stereocenters. The predicted octanol–water partition coefficient (Wildman–Crippen LogP) is -0.0576. The van der Waals surface area contributed by atoms with Crippen molar-refractivity contribution in [3.63, 3.8) is 0 Å². The minimum Gasteiger partial charge on any atom is -0.351 e. The molecule has 0 spiro atoms. The van der Waals surface area contributed by atoms with Crippen LogP contribution in [-0.4, -0.2) is 38.4 Å². The summed E-state index contributed by atoms with van der Waals surface area (Å²) in [5, 5.41) is 2.52. The Labute approximate surface area is 103 Å². The van der Waals surface area contributed by atoms with E-state index < -0.39 is 21.5 Å². The summed E-state index contributed by atoms with van der Waals surface area (Å²) in [5.74, 6) is -0.851. The summed E-state index contributed by atoms with van der Waals surface area (Å²) in [6.45, 7) is 5.64. The Morgan fingerprint density at radius 1 is 1.31 bits per heavy atom. The largest absolute Gasteiger partial charge is 0.351 e. The fraction of sp³-hybridized carbons (Fsp3) is 0.889. The zero-order valence-electron chi connectivity index (χ0n) is 9.89. The molecule has 0 aliphatic rings. The third-order valence-corrected chi connectivity index (χ3v) is 3.58. The van der Waals surface area contributed by atoms with E-state index in [0.717, 1.165) is 0 Å². The molecule has 1 amide bonds. The maximum atomic E-state index is 11.4. The Morgan fingerprint density at radius 3 is 2.19 bits per heavy atom. The molecule has 98 valence electrons. The predicted molar refractivity (Wildman–Crippen MR) is 67.4 cm³/mol. The Balaban J connectivity index is 0. The van der Waals surface area contributed by atoms with Crippen LogP contribution in [0.15, 0.2) is 0 Å². The molecule has 0 heterocycles. The van der Waals surface area contributed by atoms with Gasteiger partial charge in [-0.2, -0.15) is 0 Å². The van der Waals surface area contributed by atoms with Gasteiger partial charge in [0.15, 0.2) is 9.84 Å². The van der Waals surface area contributed by atoms with E-state index in [4.69, 9.17) is 5.73 Å². The smallest absolute Gasteiger partial charge is 0.235 e. The van der Waals surface area contributed by atoms with Gasteiger partial charge in [0.1, 0.15) is 5.75 Å². The van der Waals surface area contributed by atoms with Gasteiger partial charge in [0.25, 0.3) is 0 Å². The molecule has 5 nitrogen and oxygen atoms in total. The first-order valence-corrected chi connectivity index (χ1v) is 6.79. The third-order valence-electron chi connectivity index (χ3n) is 1.70. The van der Waals surface area contributed by atoms with E-state index in [-0.39, 0.29) is 30.1 Å². The standard InChI is InChI=1S/C9H20N2O3S.ClH/c1-7(2)5-15(13,14)6-9(12)11-8(3)4-10;/h7-8H,4-6,10H2,1-3H3,(H,11,12);1H/t8-;/m0./s1. The number of hydrogen-bond acceptors (Lipinski definition) is 4. The molecule has 0 bridgehead atoms. The summed E-state index contributed by atoms with van der Waals surface area (Å²) >= 11 is 0. The lowest BCUT2D eigenvalue weighted by Gasteiger charge is -2.12. The van der Waals surface area contributed by atoms with Gasteiger partial charge in [0.05, 0.1) is 5.75 Å². The minimum atomic E-state index is -3.29. The number of rotatable bonds is 6. The van der Waals surface area contributed by atoms with Crippen LogP contribution < -0.4 is 11.1 Å². The summed E-state index contributed by atoms with van der Waals surface area (Å²) < 4.78 is 22.9. The van der Waals surface area contributed by atoms with Crippen LogP contribution in [0.4, 0.5) is 0 Å². The van der Waals surface area contributed by atoms with E-state index in [0.29, 0.717) is 6.54 Å². The van der Waals surface area contributed by atoms with Crippen LogP contribution in [0, 0.1) is 5.92 Å². The van der Waals surface area contributed by atoms with Crippen molar-refractivity contribution in [1.29, 1.82) is 0 Å². The lowest BCUT2D eigenvalue weighted by molar-refractivity contribution is -0.119. The normalized spacial score (nSPS) is 13.1. The molecule has 0 saturated carbocycles. The third kappa shape index (κ3) is 8.94. The molecule has 0 saturated heterocycles. The van der Waals surface area contributed by atoms with Gasteiger partial charge in [0.2, 0.25) is 5.91 Å². The second-order valence-corrected chi connectivity index (χ2v) is 6.26. The van der Waals surface area contributed by atoms with E-state index in [1.54, 1.807) is 20.8 Å². The van der Waals surface area contributed by atoms with Crippen molar-refractivity contribution in [3.05, 3.63) is 0 Å². The molecule has 0 aromatic heterocycles. The number of carbonyl (C=O) groups is 1. The maximum Gasteiger partial charge on any atom is 0.235 e. The van der Waals surface area contributed by atoms with E-state index in [1.807, 2.05) is 0 Å². The SMILES string of the molecule is CC(C)CS(=O)(=O)CC(=O)N[C@@H](C)CN.Cl. The van der Waals surface area contributed by atoms with Gasteiger partial charge in [-0.25, -0.2) is 8.42 Å². The van der Waals surface area contributed by atoms with Crippen molar-refractivity contribution in [1.82, 2.24) is 5.32 Å². The first-order chi connectivity index (χ1) is 6.76. The summed E-state index contributed by atoms with van der Waals surface area (Å²) in [5.41, 5.74) is 5.30. The highest BCUT2D eigenvalue weighted by Gasteiger charge is 2.18. The van der Waals surface area contributed by atoms with Gasteiger partial charge in [-0.15, -0.1) is 12.4 Å². The second kappa shape index (κ2) is 7.86.